The number of unbranched alkanes of at least 4 members (excludes halogenated alkanes) is 1. The summed E-state index contributed by atoms with van der Waals surface area (Å²) in [6, 6.07) is 12.3. The molecule has 0 aromatic heterocycles. The van der Waals surface area contributed by atoms with Crippen molar-refractivity contribution < 1.29 is 13.9 Å². The van der Waals surface area contributed by atoms with Crippen LogP contribution < -0.4 is 4.74 Å². The van der Waals surface area contributed by atoms with E-state index in [0.717, 1.165) is 42.6 Å². The molecule has 3 nitrogen and oxygen atoms in total. The second-order valence-corrected chi connectivity index (χ2v) is 14.0. The predicted molar refractivity (Wildman–Crippen MR) is 126 cm³/mol. The molecule has 2 aromatic rings. The molecule has 3 rings (SSSR count). The SMILES string of the molecule is CCCC[C@H]1Cc2cc(OC)ccc2[C@H](c2ccc(F)cc2)N1C(=O)C#C[Si](C)(C)C. The van der Waals surface area contributed by atoms with Crippen molar-refractivity contribution >= 4 is 14.0 Å². The Morgan fingerprint density at radius 2 is 1.90 bits per heavy atom. The van der Waals surface area contributed by atoms with Gasteiger partial charge in [0.25, 0.3) is 5.91 Å². The summed E-state index contributed by atoms with van der Waals surface area (Å²) in [7, 11) is -0.0335. The normalized spacial score (nSPS) is 18.1. The van der Waals surface area contributed by atoms with Crippen LogP contribution in [0.25, 0.3) is 0 Å². The van der Waals surface area contributed by atoms with Crippen LogP contribution in [-0.2, 0) is 11.2 Å². The van der Waals surface area contributed by atoms with Gasteiger partial charge >= 0.3 is 0 Å². The van der Waals surface area contributed by atoms with Crippen molar-refractivity contribution in [2.45, 2.75) is 64.3 Å². The maximum absolute atomic E-state index is 13.7. The molecule has 2 aromatic carbocycles. The van der Waals surface area contributed by atoms with E-state index in [9.17, 15) is 9.18 Å². The first kappa shape index (κ1) is 23.1. The third-order valence-electron chi connectivity index (χ3n) is 5.63. The zero-order valence-corrected chi connectivity index (χ0v) is 20.2. The number of fused-ring (bicyclic) bond motifs is 1. The summed E-state index contributed by atoms with van der Waals surface area (Å²) in [6.45, 7) is 8.57. The predicted octanol–water partition coefficient (Wildman–Crippen LogP) is 5.75. The number of rotatable bonds is 5. The third kappa shape index (κ3) is 5.56. The molecule has 0 saturated carbocycles. The number of amides is 1. The van der Waals surface area contributed by atoms with E-state index in [-0.39, 0.29) is 23.8 Å². The monoisotopic (exact) mass is 437 g/mol. The maximum atomic E-state index is 13.7. The third-order valence-corrected chi connectivity index (χ3v) is 6.50. The van der Waals surface area contributed by atoms with E-state index in [2.05, 4.69) is 44.1 Å². The topological polar surface area (TPSA) is 29.5 Å². The molecule has 2 atom stereocenters. The number of hydrogen-bond acceptors (Lipinski definition) is 2. The first-order chi connectivity index (χ1) is 14.7. The molecule has 1 amide bonds. The summed E-state index contributed by atoms with van der Waals surface area (Å²) in [4.78, 5) is 15.4. The summed E-state index contributed by atoms with van der Waals surface area (Å²) < 4.78 is 19.1. The Kier molecular flexibility index (Phi) is 7.22. The van der Waals surface area contributed by atoms with E-state index in [4.69, 9.17) is 4.74 Å². The Morgan fingerprint density at radius 1 is 1.19 bits per heavy atom. The van der Waals surface area contributed by atoms with Gasteiger partial charge < -0.3 is 9.64 Å². The molecule has 1 aliphatic rings. The first-order valence-corrected chi connectivity index (χ1v) is 14.5. The lowest BCUT2D eigenvalue weighted by atomic mass is 9.83. The lowest BCUT2D eigenvalue weighted by Gasteiger charge is -2.43. The summed E-state index contributed by atoms with van der Waals surface area (Å²) in [6.07, 6.45) is 3.77. The summed E-state index contributed by atoms with van der Waals surface area (Å²) in [5.74, 6) is 3.35. The minimum atomic E-state index is -1.70. The maximum Gasteiger partial charge on any atom is 0.298 e. The molecule has 0 fully saturated rings. The van der Waals surface area contributed by atoms with E-state index in [0.29, 0.717) is 0 Å². The van der Waals surface area contributed by atoms with Crippen LogP contribution in [0.3, 0.4) is 0 Å². The van der Waals surface area contributed by atoms with Gasteiger partial charge in [0.1, 0.15) is 19.6 Å². The van der Waals surface area contributed by atoms with E-state index in [1.54, 1.807) is 19.2 Å². The van der Waals surface area contributed by atoms with Crippen LogP contribution in [-0.4, -0.2) is 32.0 Å². The standard InChI is InChI=1S/C26H32FNO2Si/c1-6-7-8-22-17-20-18-23(30-2)13-14-24(20)26(19-9-11-21(27)12-10-19)28(22)25(29)15-16-31(3,4)5/h9-14,18,22,26H,6-8,17H2,1-5H3/t22-,26-/m0/s1. The van der Waals surface area contributed by atoms with Crippen molar-refractivity contribution in [3.8, 4) is 17.2 Å². The molecular weight excluding hydrogens is 405 g/mol. The summed E-state index contributed by atoms with van der Waals surface area (Å²) >= 11 is 0. The highest BCUT2D eigenvalue weighted by Gasteiger charge is 2.38. The van der Waals surface area contributed by atoms with Gasteiger partial charge in [0, 0.05) is 6.04 Å². The smallest absolute Gasteiger partial charge is 0.298 e. The molecule has 1 aliphatic heterocycles. The Balaban J connectivity index is 2.15. The van der Waals surface area contributed by atoms with Crippen LogP contribution in [0.4, 0.5) is 4.39 Å². The number of carbonyl (C=O) groups excluding carboxylic acids is 1. The largest absolute Gasteiger partial charge is 0.497 e. The second-order valence-electron chi connectivity index (χ2n) is 9.23. The van der Waals surface area contributed by atoms with Gasteiger partial charge in [0.05, 0.1) is 13.2 Å². The molecular formula is C26H32FNO2Si. The number of hydrogen-bond donors (Lipinski definition) is 0. The Labute approximate surface area is 186 Å². The molecule has 0 radical (unpaired) electrons. The molecule has 164 valence electrons. The number of halogens is 1. The summed E-state index contributed by atoms with van der Waals surface area (Å²) in [5, 5.41) is 0. The highest BCUT2D eigenvalue weighted by atomic mass is 28.3. The summed E-state index contributed by atoms with van der Waals surface area (Å²) in [5.41, 5.74) is 6.37. The van der Waals surface area contributed by atoms with Crippen LogP contribution in [0.15, 0.2) is 42.5 Å². The number of nitrogens with zero attached hydrogens (tertiary/aromatic N) is 1. The highest BCUT2D eigenvalue weighted by Crippen LogP contribution is 2.40. The number of ether oxygens (including phenoxy) is 1. The van der Waals surface area contributed by atoms with E-state index < -0.39 is 8.07 Å². The highest BCUT2D eigenvalue weighted by molar-refractivity contribution is 6.84. The van der Waals surface area contributed by atoms with Crippen LogP contribution in [0.5, 0.6) is 5.75 Å². The zero-order valence-electron chi connectivity index (χ0n) is 19.2. The van der Waals surface area contributed by atoms with Crippen LogP contribution in [0.2, 0.25) is 19.6 Å². The Hall–Kier alpha value is -2.58. The first-order valence-electron chi connectivity index (χ1n) is 11.0. The quantitative estimate of drug-likeness (QED) is 0.440. The second kappa shape index (κ2) is 9.70. The van der Waals surface area contributed by atoms with Gasteiger partial charge in [0.15, 0.2) is 0 Å². The fourth-order valence-corrected chi connectivity index (χ4v) is 4.60. The Morgan fingerprint density at radius 3 is 2.52 bits per heavy atom. The van der Waals surface area contributed by atoms with Gasteiger partial charge in [-0.3, -0.25) is 4.79 Å². The van der Waals surface area contributed by atoms with Gasteiger partial charge in [0.2, 0.25) is 0 Å². The fourth-order valence-electron chi connectivity index (χ4n) is 4.12. The molecule has 0 aliphatic carbocycles. The number of carbonyl (C=O) groups is 1. The van der Waals surface area contributed by atoms with Crippen LogP contribution in [0.1, 0.15) is 48.9 Å². The molecule has 0 saturated heterocycles. The molecule has 0 spiro atoms. The van der Waals surface area contributed by atoms with Crippen LogP contribution in [0, 0.1) is 17.3 Å². The fraction of sp³-hybridized carbons (Fsp3) is 0.423. The zero-order chi connectivity index (χ0) is 22.6. The Bertz CT molecular complexity index is 985. The molecule has 0 N–H and O–H groups in total. The van der Waals surface area contributed by atoms with Crippen molar-refractivity contribution in [2.75, 3.05) is 7.11 Å². The van der Waals surface area contributed by atoms with Crippen molar-refractivity contribution in [1.82, 2.24) is 4.90 Å². The molecule has 1 heterocycles. The van der Waals surface area contributed by atoms with Gasteiger partial charge in [-0.05, 0) is 59.7 Å². The van der Waals surface area contributed by atoms with Gasteiger partial charge in [-0.1, -0.05) is 57.6 Å². The van der Waals surface area contributed by atoms with Crippen molar-refractivity contribution in [3.05, 3.63) is 65.0 Å². The van der Waals surface area contributed by atoms with Gasteiger partial charge in [-0.2, -0.15) is 0 Å². The number of benzene rings is 2. The van der Waals surface area contributed by atoms with Crippen molar-refractivity contribution in [2.24, 2.45) is 0 Å². The molecule has 5 heteroatoms. The lowest BCUT2D eigenvalue weighted by molar-refractivity contribution is -0.130. The average Bonchev–Trinajstić information content (AvgIpc) is 2.74. The molecule has 0 bridgehead atoms. The minimum absolute atomic E-state index is 0.0399. The van der Waals surface area contributed by atoms with Crippen LogP contribution >= 0.6 is 0 Å². The van der Waals surface area contributed by atoms with E-state index in [1.165, 1.54) is 17.7 Å². The van der Waals surface area contributed by atoms with E-state index in [1.807, 2.05) is 17.0 Å². The minimum Gasteiger partial charge on any atom is -0.497 e. The average molecular weight is 438 g/mol. The molecule has 31 heavy (non-hydrogen) atoms. The van der Waals surface area contributed by atoms with Crippen molar-refractivity contribution in [3.63, 3.8) is 0 Å². The number of methoxy groups -OCH3 is 1. The molecule has 0 unspecified atom stereocenters. The van der Waals surface area contributed by atoms with Gasteiger partial charge in [-0.25, -0.2) is 4.39 Å². The van der Waals surface area contributed by atoms with Crippen molar-refractivity contribution in [1.29, 1.82) is 0 Å². The lowest BCUT2D eigenvalue weighted by Crippen LogP contribution is -2.47. The van der Waals surface area contributed by atoms with E-state index >= 15 is 0 Å². The van der Waals surface area contributed by atoms with Gasteiger partial charge in [-0.15, -0.1) is 5.54 Å².